The van der Waals surface area contributed by atoms with Gasteiger partial charge in [-0.2, -0.15) is 4.98 Å². The topological polar surface area (TPSA) is 68.0 Å². The van der Waals surface area contributed by atoms with Crippen molar-refractivity contribution in [1.82, 2.24) is 15.5 Å². The van der Waals surface area contributed by atoms with Gasteiger partial charge in [-0.15, -0.1) is 0 Å². The molecule has 0 radical (unpaired) electrons. The van der Waals surface area contributed by atoms with Crippen LogP contribution in [0, 0.1) is 13.8 Å². The number of hydrogen-bond donors (Lipinski definition) is 1. The summed E-state index contributed by atoms with van der Waals surface area (Å²) in [5, 5.41) is 7.38. The number of benzene rings is 2. The smallest absolute Gasteiger partial charge is 0.246 e. The molecule has 0 saturated carbocycles. The lowest BCUT2D eigenvalue weighted by molar-refractivity contribution is -0.120. The Labute approximate surface area is 151 Å². The zero-order valence-electron chi connectivity index (χ0n) is 14.0. The minimum absolute atomic E-state index is 0.0834. The summed E-state index contributed by atoms with van der Waals surface area (Å²) >= 11 is 5.86. The van der Waals surface area contributed by atoms with E-state index >= 15 is 0 Å². The number of nitrogens with one attached hydrogen (secondary N) is 1. The Morgan fingerprint density at radius 2 is 1.92 bits per heavy atom. The molecule has 6 heteroatoms. The van der Waals surface area contributed by atoms with Crippen molar-refractivity contribution in [3.8, 4) is 11.4 Å². The lowest BCUT2D eigenvalue weighted by Gasteiger charge is -2.07. The summed E-state index contributed by atoms with van der Waals surface area (Å²) < 4.78 is 5.18. The third-order valence-corrected chi connectivity index (χ3v) is 4.11. The number of aryl methyl sites for hydroxylation is 2. The lowest BCUT2D eigenvalue weighted by Crippen LogP contribution is -2.25. The van der Waals surface area contributed by atoms with Crippen molar-refractivity contribution in [2.24, 2.45) is 0 Å². The van der Waals surface area contributed by atoms with E-state index in [0.29, 0.717) is 23.2 Å². The first-order chi connectivity index (χ1) is 12.0. The van der Waals surface area contributed by atoms with Gasteiger partial charge in [-0.25, -0.2) is 0 Å². The molecule has 5 nitrogen and oxygen atoms in total. The quantitative estimate of drug-likeness (QED) is 0.754. The molecule has 1 N–H and O–H groups in total. The second kappa shape index (κ2) is 7.49. The second-order valence-corrected chi connectivity index (χ2v) is 6.34. The van der Waals surface area contributed by atoms with E-state index < -0.39 is 0 Å². The van der Waals surface area contributed by atoms with E-state index in [4.69, 9.17) is 16.1 Å². The van der Waals surface area contributed by atoms with Crippen LogP contribution in [0.25, 0.3) is 11.4 Å². The van der Waals surface area contributed by atoms with Crippen LogP contribution in [0.1, 0.15) is 22.6 Å². The van der Waals surface area contributed by atoms with Crippen LogP contribution in [-0.2, 0) is 17.8 Å². The van der Waals surface area contributed by atoms with Crippen LogP contribution in [0.15, 0.2) is 47.0 Å². The Balaban J connectivity index is 1.59. The monoisotopic (exact) mass is 355 g/mol. The maximum absolute atomic E-state index is 12.1. The Morgan fingerprint density at radius 1 is 1.16 bits per heavy atom. The highest BCUT2D eigenvalue weighted by Crippen LogP contribution is 2.18. The number of halogens is 1. The number of carbonyl (C=O) groups excluding carboxylic acids is 1. The molecule has 0 fully saturated rings. The number of aromatic nitrogens is 2. The highest BCUT2D eigenvalue weighted by atomic mass is 35.5. The van der Waals surface area contributed by atoms with E-state index in [0.717, 1.165) is 22.3 Å². The molecule has 0 atom stereocenters. The minimum atomic E-state index is -0.0834. The van der Waals surface area contributed by atoms with Gasteiger partial charge in [-0.3, -0.25) is 4.79 Å². The van der Waals surface area contributed by atoms with Crippen molar-refractivity contribution in [2.75, 3.05) is 0 Å². The van der Waals surface area contributed by atoms with Crippen LogP contribution in [-0.4, -0.2) is 16.0 Å². The SMILES string of the molecule is Cc1ccc(C)c(CC(=O)NCc2nc(-c3ccc(Cl)cc3)no2)c1. The lowest BCUT2D eigenvalue weighted by atomic mass is 10.0. The summed E-state index contributed by atoms with van der Waals surface area (Å²) in [5.74, 6) is 0.745. The largest absolute Gasteiger partial charge is 0.347 e. The van der Waals surface area contributed by atoms with E-state index in [1.165, 1.54) is 0 Å². The standard InChI is InChI=1S/C19H18ClN3O2/c1-12-3-4-13(2)15(9-12)10-17(24)21-11-18-22-19(23-25-18)14-5-7-16(20)8-6-14/h3-9H,10-11H2,1-2H3,(H,21,24). The molecule has 0 saturated heterocycles. The molecule has 0 spiro atoms. The average molecular weight is 356 g/mol. The van der Waals surface area contributed by atoms with Crippen LogP contribution >= 0.6 is 11.6 Å². The van der Waals surface area contributed by atoms with E-state index in [9.17, 15) is 4.79 Å². The van der Waals surface area contributed by atoms with Gasteiger partial charge in [-0.1, -0.05) is 40.5 Å². The van der Waals surface area contributed by atoms with Gasteiger partial charge in [-0.05, 0) is 49.2 Å². The maximum atomic E-state index is 12.1. The maximum Gasteiger partial charge on any atom is 0.246 e. The highest BCUT2D eigenvalue weighted by Gasteiger charge is 2.11. The first kappa shape index (κ1) is 17.2. The van der Waals surface area contributed by atoms with Crippen molar-refractivity contribution in [2.45, 2.75) is 26.8 Å². The predicted molar refractivity (Wildman–Crippen MR) is 96.2 cm³/mol. The van der Waals surface area contributed by atoms with Gasteiger partial charge in [0.2, 0.25) is 17.6 Å². The summed E-state index contributed by atoms with van der Waals surface area (Å²) in [6.07, 6.45) is 0.325. The van der Waals surface area contributed by atoms with Crippen LogP contribution in [0.2, 0.25) is 5.02 Å². The summed E-state index contributed by atoms with van der Waals surface area (Å²) in [6.45, 7) is 4.21. The molecule has 0 unspecified atom stereocenters. The fraction of sp³-hybridized carbons (Fsp3) is 0.211. The minimum Gasteiger partial charge on any atom is -0.347 e. The Hall–Kier alpha value is -2.66. The van der Waals surface area contributed by atoms with E-state index in [-0.39, 0.29) is 12.5 Å². The molecule has 3 rings (SSSR count). The molecule has 0 aliphatic rings. The van der Waals surface area contributed by atoms with Gasteiger partial charge < -0.3 is 9.84 Å². The Kier molecular flexibility index (Phi) is 5.14. The first-order valence-electron chi connectivity index (χ1n) is 7.92. The van der Waals surface area contributed by atoms with E-state index in [1.807, 2.05) is 44.2 Å². The van der Waals surface area contributed by atoms with Crippen molar-refractivity contribution < 1.29 is 9.32 Å². The number of hydrogen-bond acceptors (Lipinski definition) is 4. The Bertz CT molecular complexity index is 888. The Morgan fingerprint density at radius 3 is 2.68 bits per heavy atom. The zero-order chi connectivity index (χ0) is 17.8. The van der Waals surface area contributed by atoms with Gasteiger partial charge in [0.1, 0.15) is 0 Å². The summed E-state index contributed by atoms with van der Waals surface area (Å²) in [5.41, 5.74) is 4.06. The van der Waals surface area contributed by atoms with Crippen molar-refractivity contribution in [1.29, 1.82) is 0 Å². The molecule has 1 amide bonds. The van der Waals surface area contributed by atoms with Gasteiger partial charge in [0.15, 0.2) is 0 Å². The molecule has 25 heavy (non-hydrogen) atoms. The molecule has 128 valence electrons. The molecule has 1 aromatic heterocycles. The van der Waals surface area contributed by atoms with Gasteiger partial charge >= 0.3 is 0 Å². The zero-order valence-corrected chi connectivity index (χ0v) is 14.8. The normalized spacial score (nSPS) is 10.7. The van der Waals surface area contributed by atoms with Gasteiger partial charge in [0, 0.05) is 10.6 Å². The number of rotatable bonds is 5. The molecular weight excluding hydrogens is 338 g/mol. The summed E-state index contributed by atoms with van der Waals surface area (Å²) in [4.78, 5) is 16.4. The number of carbonyl (C=O) groups is 1. The third kappa shape index (κ3) is 4.45. The van der Waals surface area contributed by atoms with E-state index in [1.54, 1.807) is 12.1 Å². The molecule has 3 aromatic rings. The van der Waals surface area contributed by atoms with Crippen LogP contribution in [0.4, 0.5) is 0 Å². The summed E-state index contributed by atoms with van der Waals surface area (Å²) in [6, 6.07) is 13.2. The average Bonchev–Trinajstić information content (AvgIpc) is 3.06. The second-order valence-electron chi connectivity index (χ2n) is 5.90. The van der Waals surface area contributed by atoms with Crippen molar-refractivity contribution in [3.05, 3.63) is 70.1 Å². The fourth-order valence-corrected chi connectivity index (χ4v) is 2.57. The van der Waals surface area contributed by atoms with Crippen LogP contribution < -0.4 is 5.32 Å². The number of nitrogens with zero attached hydrogens (tertiary/aromatic N) is 2. The predicted octanol–water partition coefficient (Wildman–Crippen LogP) is 3.87. The van der Waals surface area contributed by atoms with Crippen LogP contribution in [0.5, 0.6) is 0 Å². The first-order valence-corrected chi connectivity index (χ1v) is 8.30. The number of amides is 1. The van der Waals surface area contributed by atoms with Crippen LogP contribution in [0.3, 0.4) is 0 Å². The molecule has 0 aliphatic carbocycles. The van der Waals surface area contributed by atoms with E-state index in [2.05, 4.69) is 15.5 Å². The molecule has 1 heterocycles. The fourth-order valence-electron chi connectivity index (χ4n) is 2.44. The van der Waals surface area contributed by atoms with Crippen molar-refractivity contribution in [3.63, 3.8) is 0 Å². The molecule has 0 bridgehead atoms. The van der Waals surface area contributed by atoms with Gasteiger partial charge in [0.25, 0.3) is 0 Å². The van der Waals surface area contributed by atoms with Crippen molar-refractivity contribution >= 4 is 17.5 Å². The molecule has 0 aliphatic heterocycles. The molecule has 2 aromatic carbocycles. The molecular formula is C19H18ClN3O2. The highest BCUT2D eigenvalue weighted by molar-refractivity contribution is 6.30. The summed E-state index contributed by atoms with van der Waals surface area (Å²) in [7, 11) is 0. The third-order valence-electron chi connectivity index (χ3n) is 3.86. The van der Waals surface area contributed by atoms with Gasteiger partial charge in [0.05, 0.1) is 13.0 Å².